The van der Waals surface area contributed by atoms with E-state index in [-0.39, 0.29) is 153 Å². The topological polar surface area (TPSA) is 263 Å². The van der Waals surface area contributed by atoms with Gasteiger partial charge in [0.25, 0.3) is 0 Å². The molecular weight excluding hydrogens is 957 g/mol. The number of phenolic OH excluding ortho intramolecular Hbond substituents is 2. The molecule has 6 N–H and O–H groups in total. The summed E-state index contributed by atoms with van der Waals surface area (Å²) in [6.07, 6.45) is 13.9. The van der Waals surface area contributed by atoms with E-state index < -0.39 is 34.8 Å². The number of rotatable bonds is 18. The van der Waals surface area contributed by atoms with Gasteiger partial charge in [-0.15, -0.1) is 0 Å². The Labute approximate surface area is 454 Å². The molecule has 4 heterocycles. The van der Waals surface area contributed by atoms with Crippen LogP contribution < -0.4 is 78.8 Å². The SMILES string of the molecule is CCC(O)(c1cc(F)cc(OCc2ccc(C(=CC(=O)[O-])c3ccoc3)c(O)c2)c1)c1ncc[nH]1.CCC(O)(c1cc(F)cc(OCc2ccc(C(=CC(=O)[O-])c3ccoc3)c(O)c2)c1)c1ncc[nH]1.[Na+].[Na+]. The van der Waals surface area contributed by atoms with Crippen molar-refractivity contribution >= 4 is 23.1 Å². The molecule has 0 saturated carbocycles. The number of halogens is 2. The number of aromatic amines is 2. The molecule has 8 rings (SSSR count). The number of carboxylic acids is 2. The maximum atomic E-state index is 14.4. The van der Waals surface area contributed by atoms with Gasteiger partial charge in [-0.1, -0.05) is 38.1 Å². The minimum absolute atomic E-state index is 0. The number of aromatic hydroxyl groups is 2. The molecule has 20 heteroatoms. The third-order valence-corrected chi connectivity index (χ3v) is 11.2. The maximum Gasteiger partial charge on any atom is 1.00 e. The van der Waals surface area contributed by atoms with E-state index in [2.05, 4.69) is 19.9 Å². The summed E-state index contributed by atoms with van der Waals surface area (Å²) in [5.74, 6) is -3.46. The van der Waals surface area contributed by atoms with Crippen LogP contribution in [0.25, 0.3) is 11.1 Å². The van der Waals surface area contributed by atoms with Crippen LogP contribution >= 0.6 is 0 Å². The summed E-state index contributed by atoms with van der Waals surface area (Å²) in [7, 11) is 0. The van der Waals surface area contributed by atoms with Crippen molar-refractivity contribution in [3.63, 3.8) is 0 Å². The largest absolute Gasteiger partial charge is 1.00 e. The van der Waals surface area contributed by atoms with E-state index in [4.69, 9.17) is 18.3 Å². The zero-order chi connectivity index (χ0) is 50.0. The second-order valence-corrected chi connectivity index (χ2v) is 15.7. The fourth-order valence-electron chi connectivity index (χ4n) is 7.60. The number of nitrogens with one attached hydrogen (secondary N) is 2. The molecule has 0 bridgehead atoms. The fourth-order valence-corrected chi connectivity index (χ4v) is 7.60. The van der Waals surface area contributed by atoms with Gasteiger partial charge in [-0.3, -0.25) is 0 Å². The number of hydrogen-bond donors (Lipinski definition) is 6. The molecular formula is C52H44F2N4Na2O12. The summed E-state index contributed by atoms with van der Waals surface area (Å²) < 4.78 is 50.3. The van der Waals surface area contributed by atoms with Gasteiger partial charge in [-0.05, 0) is 107 Å². The molecule has 0 radical (unpaired) electrons. The number of H-pyrrole nitrogens is 2. The number of phenols is 2. The third-order valence-electron chi connectivity index (χ3n) is 11.2. The molecule has 0 fully saturated rings. The number of furan rings is 2. The molecule has 8 aromatic rings. The van der Waals surface area contributed by atoms with Crippen LogP contribution in [0.2, 0.25) is 0 Å². The number of carbonyl (C=O) groups excluding carboxylic acids is 2. The zero-order valence-corrected chi connectivity index (χ0v) is 43.4. The fraction of sp³-hybridized carbons (Fsp3) is 0.154. The smallest absolute Gasteiger partial charge is 0.545 e. The van der Waals surface area contributed by atoms with Crippen molar-refractivity contribution in [2.45, 2.75) is 51.1 Å². The van der Waals surface area contributed by atoms with Gasteiger partial charge in [0.15, 0.2) is 0 Å². The van der Waals surface area contributed by atoms with Gasteiger partial charge >= 0.3 is 59.1 Å². The van der Waals surface area contributed by atoms with E-state index in [1.165, 1.54) is 86.0 Å². The number of hydrogen-bond acceptors (Lipinski definition) is 14. The van der Waals surface area contributed by atoms with Gasteiger partial charge in [-0.25, -0.2) is 18.7 Å². The Morgan fingerprint density at radius 1 is 0.639 bits per heavy atom. The van der Waals surface area contributed by atoms with E-state index in [1.807, 2.05) is 0 Å². The molecule has 0 aliphatic carbocycles. The molecule has 4 aromatic carbocycles. The zero-order valence-electron chi connectivity index (χ0n) is 39.4. The van der Waals surface area contributed by atoms with Crippen LogP contribution in [0.4, 0.5) is 8.78 Å². The number of aliphatic carboxylic acids is 2. The number of carboxylic acid groups (broad SMARTS) is 2. The summed E-state index contributed by atoms with van der Waals surface area (Å²) in [6.45, 7) is 3.47. The monoisotopic (exact) mass is 1000 g/mol. The normalized spacial score (nSPS) is 13.0. The van der Waals surface area contributed by atoms with Crippen molar-refractivity contribution in [1.29, 1.82) is 0 Å². The number of ether oxygens (including phenoxy) is 2. The number of imidazole rings is 2. The van der Waals surface area contributed by atoms with Crippen molar-refractivity contribution in [3.05, 3.63) is 215 Å². The van der Waals surface area contributed by atoms with Crippen LogP contribution in [0.1, 0.15) is 82.8 Å². The molecule has 0 aliphatic rings. The molecule has 0 amide bonds. The van der Waals surface area contributed by atoms with Crippen LogP contribution in [0, 0.1) is 11.6 Å². The Kier molecular flexibility index (Phi) is 19.6. The number of aliphatic hydroxyl groups is 2. The van der Waals surface area contributed by atoms with Crippen molar-refractivity contribution in [2.24, 2.45) is 0 Å². The first-order valence-electron chi connectivity index (χ1n) is 21.5. The Morgan fingerprint density at radius 2 is 1.04 bits per heavy atom. The Hall–Kier alpha value is -6.74. The summed E-state index contributed by atoms with van der Waals surface area (Å²) in [5.41, 5.74) is 0.477. The van der Waals surface area contributed by atoms with E-state index in [9.17, 15) is 49.0 Å². The molecule has 16 nitrogen and oxygen atoms in total. The predicted molar refractivity (Wildman–Crippen MR) is 243 cm³/mol. The molecule has 2 unspecified atom stereocenters. The van der Waals surface area contributed by atoms with E-state index in [0.717, 1.165) is 12.2 Å². The van der Waals surface area contributed by atoms with Crippen molar-refractivity contribution in [1.82, 2.24) is 19.9 Å². The van der Waals surface area contributed by atoms with Gasteiger partial charge < -0.3 is 68.5 Å². The van der Waals surface area contributed by atoms with Crippen molar-refractivity contribution in [3.8, 4) is 23.0 Å². The molecule has 360 valence electrons. The van der Waals surface area contributed by atoms with Crippen LogP contribution in [-0.4, -0.2) is 52.3 Å². The van der Waals surface area contributed by atoms with Gasteiger partial charge in [0.05, 0.1) is 37.0 Å². The predicted octanol–water partition coefficient (Wildman–Crippen LogP) is 0.516. The molecule has 2 atom stereocenters. The summed E-state index contributed by atoms with van der Waals surface area (Å²) in [6, 6.07) is 20.2. The van der Waals surface area contributed by atoms with Gasteiger partial charge in [0.1, 0.15) is 70.7 Å². The van der Waals surface area contributed by atoms with Crippen LogP contribution in [0.5, 0.6) is 23.0 Å². The third kappa shape index (κ3) is 13.4. The first-order valence-corrected chi connectivity index (χ1v) is 21.5. The quantitative estimate of drug-likeness (QED) is 0.0506. The summed E-state index contributed by atoms with van der Waals surface area (Å²) >= 11 is 0. The molecule has 4 aromatic heterocycles. The second-order valence-electron chi connectivity index (χ2n) is 15.7. The Morgan fingerprint density at radius 3 is 1.35 bits per heavy atom. The van der Waals surface area contributed by atoms with Crippen molar-refractivity contribution in [2.75, 3.05) is 0 Å². The maximum absolute atomic E-state index is 14.4. The molecule has 0 saturated heterocycles. The van der Waals surface area contributed by atoms with Crippen LogP contribution in [0.3, 0.4) is 0 Å². The van der Waals surface area contributed by atoms with Gasteiger partial charge in [-0.2, -0.15) is 0 Å². The number of benzene rings is 4. The average molecular weight is 1000 g/mol. The van der Waals surface area contributed by atoms with Crippen LogP contribution in [0.15, 0.2) is 156 Å². The Bertz CT molecular complexity index is 2920. The second kappa shape index (κ2) is 25.1. The van der Waals surface area contributed by atoms with E-state index in [0.29, 0.717) is 22.3 Å². The van der Waals surface area contributed by atoms with Crippen LogP contribution in [-0.2, 0) is 34.0 Å². The van der Waals surface area contributed by atoms with Gasteiger partial charge in [0, 0.05) is 59.2 Å². The molecule has 72 heavy (non-hydrogen) atoms. The minimum Gasteiger partial charge on any atom is -0.545 e. The number of aromatic nitrogens is 4. The van der Waals surface area contributed by atoms with E-state index >= 15 is 0 Å². The average Bonchev–Trinajstić information content (AvgIpc) is 4.20. The summed E-state index contributed by atoms with van der Waals surface area (Å²) in [4.78, 5) is 36.3. The minimum atomic E-state index is -1.53. The van der Waals surface area contributed by atoms with Crippen molar-refractivity contribution < 1.29 is 126 Å². The Balaban J connectivity index is 0.000000260. The number of carbonyl (C=O) groups is 2. The number of nitrogens with zero attached hydrogens (tertiary/aromatic N) is 2. The first kappa shape index (κ1) is 56.2. The van der Waals surface area contributed by atoms with E-state index in [1.54, 1.807) is 62.6 Å². The standard InChI is InChI=1S/2C26H23FN2O6.2Na/c2*1-2-26(33,25-28-6-7-29-25)18-10-19(27)12-20(11-18)35-14-16-3-4-21(23(30)9-16)22(13-24(31)32)17-5-8-34-15-17;;/h2*3-13,15,30,33H,2,14H2,1H3,(H,28,29)(H,31,32);;/q;;2*+1/p-2. The van der Waals surface area contributed by atoms with Gasteiger partial charge in [0.2, 0.25) is 0 Å². The summed E-state index contributed by atoms with van der Waals surface area (Å²) in [5, 5.41) is 65.7. The first-order chi connectivity index (χ1) is 33.6. The molecule has 0 aliphatic heterocycles. The molecule has 0 spiro atoms.